The van der Waals surface area contributed by atoms with Crippen molar-refractivity contribution in [1.29, 1.82) is 0 Å². The molecule has 0 spiro atoms. The van der Waals surface area contributed by atoms with E-state index in [1.54, 1.807) is 12.1 Å². The first kappa shape index (κ1) is 15.3. The van der Waals surface area contributed by atoms with Gasteiger partial charge in [-0.3, -0.25) is 9.52 Å². The molecule has 100 valence electrons. The SMILES string of the molecule is O=C(O)CCCS(=O)(=O)Nc1ccc(Br)cc1Cl. The monoisotopic (exact) mass is 355 g/mol. The van der Waals surface area contributed by atoms with E-state index in [0.717, 1.165) is 4.47 Å². The third-order valence-corrected chi connectivity index (χ3v) is 4.16. The Labute approximate surface area is 118 Å². The first-order chi connectivity index (χ1) is 8.30. The minimum atomic E-state index is -3.58. The topological polar surface area (TPSA) is 83.5 Å². The molecule has 5 nitrogen and oxygen atoms in total. The second-order valence-corrected chi connectivity index (χ2v) is 6.71. The summed E-state index contributed by atoms with van der Waals surface area (Å²) in [7, 11) is -3.58. The van der Waals surface area contributed by atoms with Crippen LogP contribution in [0.3, 0.4) is 0 Å². The van der Waals surface area contributed by atoms with E-state index in [1.165, 1.54) is 6.07 Å². The molecule has 0 saturated heterocycles. The Balaban J connectivity index is 2.67. The Morgan fingerprint density at radius 3 is 2.67 bits per heavy atom. The van der Waals surface area contributed by atoms with Crippen LogP contribution in [0.1, 0.15) is 12.8 Å². The second kappa shape index (κ2) is 6.40. The summed E-state index contributed by atoms with van der Waals surface area (Å²) in [6.07, 6.45) is -0.131. The van der Waals surface area contributed by atoms with Gasteiger partial charge >= 0.3 is 5.97 Å². The van der Waals surface area contributed by atoms with Crippen molar-refractivity contribution >= 4 is 49.2 Å². The van der Waals surface area contributed by atoms with E-state index in [9.17, 15) is 13.2 Å². The lowest BCUT2D eigenvalue weighted by Crippen LogP contribution is -2.17. The average molecular weight is 357 g/mol. The summed E-state index contributed by atoms with van der Waals surface area (Å²) < 4.78 is 26.3. The highest BCUT2D eigenvalue weighted by Gasteiger charge is 2.13. The van der Waals surface area contributed by atoms with Gasteiger partial charge in [0.1, 0.15) is 0 Å². The van der Waals surface area contributed by atoms with Crippen molar-refractivity contribution in [3.63, 3.8) is 0 Å². The van der Waals surface area contributed by atoms with Crippen molar-refractivity contribution in [3.05, 3.63) is 27.7 Å². The third-order valence-electron chi connectivity index (χ3n) is 2.00. The van der Waals surface area contributed by atoms with Gasteiger partial charge in [-0.15, -0.1) is 0 Å². The molecule has 1 aromatic carbocycles. The molecule has 0 amide bonds. The van der Waals surface area contributed by atoms with Crippen molar-refractivity contribution in [2.75, 3.05) is 10.5 Å². The zero-order valence-corrected chi connectivity index (χ0v) is 12.3. The average Bonchev–Trinajstić information content (AvgIpc) is 2.21. The van der Waals surface area contributed by atoms with Crippen LogP contribution < -0.4 is 4.72 Å². The van der Waals surface area contributed by atoms with Gasteiger partial charge in [-0.1, -0.05) is 27.5 Å². The Morgan fingerprint density at radius 2 is 2.11 bits per heavy atom. The van der Waals surface area contributed by atoms with Gasteiger partial charge < -0.3 is 5.11 Å². The Kier molecular flexibility index (Phi) is 5.43. The molecule has 0 aliphatic heterocycles. The standard InChI is InChI=1S/C10H11BrClNO4S/c11-7-3-4-9(8(12)6-7)13-18(16,17)5-1-2-10(14)15/h3-4,6,13H,1-2,5H2,(H,14,15). The molecule has 0 aliphatic carbocycles. The molecule has 0 aliphatic rings. The molecule has 0 aromatic heterocycles. The van der Waals surface area contributed by atoms with Gasteiger partial charge in [-0.2, -0.15) is 0 Å². The predicted octanol–water partition coefficient (Wildman–Crippen LogP) is 2.71. The molecular formula is C10H11BrClNO4S. The highest BCUT2D eigenvalue weighted by atomic mass is 79.9. The van der Waals surface area contributed by atoms with Crippen molar-refractivity contribution in [3.8, 4) is 0 Å². The van der Waals surface area contributed by atoms with Crippen LogP contribution >= 0.6 is 27.5 Å². The lowest BCUT2D eigenvalue weighted by Gasteiger charge is -2.09. The van der Waals surface area contributed by atoms with Crippen LogP contribution in [0, 0.1) is 0 Å². The van der Waals surface area contributed by atoms with Gasteiger partial charge in [-0.05, 0) is 24.6 Å². The van der Waals surface area contributed by atoms with E-state index in [0.29, 0.717) is 0 Å². The van der Waals surface area contributed by atoms with Crippen LogP contribution in [0.15, 0.2) is 22.7 Å². The second-order valence-electron chi connectivity index (χ2n) is 3.54. The molecular weight excluding hydrogens is 346 g/mol. The number of hydrogen-bond acceptors (Lipinski definition) is 3. The number of hydrogen-bond donors (Lipinski definition) is 2. The summed E-state index contributed by atoms with van der Waals surface area (Å²) in [5.41, 5.74) is 0.273. The first-order valence-electron chi connectivity index (χ1n) is 4.97. The van der Waals surface area contributed by atoms with Gasteiger partial charge in [0, 0.05) is 10.9 Å². The lowest BCUT2D eigenvalue weighted by molar-refractivity contribution is -0.137. The Bertz CT molecular complexity index is 547. The van der Waals surface area contributed by atoms with Crippen LogP contribution in [0.2, 0.25) is 5.02 Å². The number of halogens is 2. The van der Waals surface area contributed by atoms with Gasteiger partial charge in [0.25, 0.3) is 0 Å². The molecule has 0 heterocycles. The van der Waals surface area contributed by atoms with Crippen LogP contribution in [0.25, 0.3) is 0 Å². The van der Waals surface area contributed by atoms with Crippen LogP contribution in [-0.2, 0) is 14.8 Å². The number of carbonyl (C=O) groups is 1. The third kappa shape index (κ3) is 5.24. The van der Waals surface area contributed by atoms with Crippen LogP contribution in [0.5, 0.6) is 0 Å². The van der Waals surface area contributed by atoms with Crippen LogP contribution in [0.4, 0.5) is 5.69 Å². The summed E-state index contributed by atoms with van der Waals surface area (Å²) >= 11 is 9.08. The minimum Gasteiger partial charge on any atom is -0.481 e. The Morgan fingerprint density at radius 1 is 1.44 bits per heavy atom. The summed E-state index contributed by atoms with van der Waals surface area (Å²) in [6, 6.07) is 4.75. The largest absolute Gasteiger partial charge is 0.481 e. The highest BCUT2D eigenvalue weighted by molar-refractivity contribution is 9.10. The normalized spacial score (nSPS) is 11.2. The van der Waals surface area contributed by atoms with E-state index in [-0.39, 0.29) is 29.3 Å². The summed E-state index contributed by atoms with van der Waals surface area (Å²) in [6.45, 7) is 0. The summed E-state index contributed by atoms with van der Waals surface area (Å²) in [5.74, 6) is -1.28. The van der Waals surface area contributed by atoms with Crippen LogP contribution in [-0.4, -0.2) is 25.2 Å². The summed E-state index contributed by atoms with van der Waals surface area (Å²) in [5, 5.41) is 8.70. The minimum absolute atomic E-state index is 0.0544. The van der Waals surface area contributed by atoms with E-state index in [1.807, 2.05) is 0 Å². The molecule has 0 unspecified atom stereocenters. The van der Waals surface area contributed by atoms with Crippen molar-refractivity contribution in [2.24, 2.45) is 0 Å². The number of anilines is 1. The number of carboxylic acids is 1. The predicted molar refractivity (Wildman–Crippen MR) is 73.4 cm³/mol. The van der Waals surface area contributed by atoms with Crippen molar-refractivity contribution in [1.82, 2.24) is 0 Å². The van der Waals surface area contributed by atoms with Gasteiger partial charge in [0.15, 0.2) is 0 Å². The highest BCUT2D eigenvalue weighted by Crippen LogP contribution is 2.26. The molecule has 0 radical (unpaired) electrons. The summed E-state index contributed by atoms with van der Waals surface area (Å²) in [4.78, 5) is 10.3. The van der Waals surface area contributed by atoms with E-state index >= 15 is 0 Å². The molecule has 0 bridgehead atoms. The molecule has 18 heavy (non-hydrogen) atoms. The zero-order chi connectivity index (χ0) is 13.8. The van der Waals surface area contributed by atoms with Gasteiger partial charge in [-0.25, -0.2) is 8.42 Å². The quantitative estimate of drug-likeness (QED) is 0.821. The van der Waals surface area contributed by atoms with E-state index < -0.39 is 16.0 Å². The van der Waals surface area contributed by atoms with Gasteiger partial charge in [0.05, 0.1) is 16.5 Å². The maximum Gasteiger partial charge on any atom is 0.303 e. The number of carboxylic acid groups (broad SMARTS) is 1. The number of sulfonamides is 1. The number of rotatable bonds is 6. The fraction of sp³-hybridized carbons (Fsp3) is 0.300. The van der Waals surface area contributed by atoms with E-state index in [4.69, 9.17) is 16.7 Å². The molecule has 0 saturated carbocycles. The molecule has 1 rings (SSSR count). The Hall–Kier alpha value is -0.790. The fourth-order valence-electron chi connectivity index (χ4n) is 1.20. The maximum atomic E-state index is 11.6. The smallest absolute Gasteiger partial charge is 0.303 e. The fourth-order valence-corrected chi connectivity index (χ4v) is 3.12. The maximum absolute atomic E-state index is 11.6. The number of aliphatic carboxylic acids is 1. The molecule has 8 heteroatoms. The van der Waals surface area contributed by atoms with E-state index in [2.05, 4.69) is 20.7 Å². The number of nitrogens with one attached hydrogen (secondary N) is 1. The molecule has 1 aromatic rings. The van der Waals surface area contributed by atoms with Crippen molar-refractivity contribution < 1.29 is 18.3 Å². The lowest BCUT2D eigenvalue weighted by atomic mass is 10.3. The zero-order valence-electron chi connectivity index (χ0n) is 9.19. The molecule has 0 atom stereocenters. The molecule has 0 fully saturated rings. The number of benzene rings is 1. The van der Waals surface area contributed by atoms with Gasteiger partial charge in [0.2, 0.25) is 10.0 Å². The molecule has 2 N–H and O–H groups in total. The van der Waals surface area contributed by atoms with Crippen molar-refractivity contribution in [2.45, 2.75) is 12.8 Å². The first-order valence-corrected chi connectivity index (χ1v) is 7.80.